The molecule has 3 amide bonds. The maximum Gasteiger partial charge on any atom is 0.397 e. The summed E-state index contributed by atoms with van der Waals surface area (Å²) in [5, 5.41) is 0. The molecule has 0 fully saturated rings. The first-order chi connectivity index (χ1) is 22.4. The van der Waals surface area contributed by atoms with Crippen molar-refractivity contribution in [3.8, 4) is 11.1 Å². The number of rotatable bonds is 10. The molecule has 0 aliphatic carbocycles. The molecule has 244 valence electrons. The van der Waals surface area contributed by atoms with Crippen LogP contribution in [0, 0.1) is 17.0 Å². The number of carbonyl (C=O) groups is 4. The molecule has 0 spiro atoms. The normalized spacial score (nSPS) is 13.4. The minimum atomic E-state index is -1.04. The molecule has 0 bridgehead atoms. The zero-order valence-electron chi connectivity index (χ0n) is 26.8. The van der Waals surface area contributed by atoms with Gasteiger partial charge in [0, 0.05) is 42.7 Å². The lowest BCUT2D eigenvalue weighted by molar-refractivity contribution is -0.162. The van der Waals surface area contributed by atoms with E-state index in [0.29, 0.717) is 28.9 Å². The summed E-state index contributed by atoms with van der Waals surface area (Å²) >= 11 is 0. The van der Waals surface area contributed by atoms with E-state index < -0.39 is 46.8 Å². The predicted molar refractivity (Wildman–Crippen MR) is 172 cm³/mol. The van der Waals surface area contributed by atoms with E-state index >= 15 is 4.39 Å². The standard InChI is InChI=1S/C37H37F2N3O5/c1-5-47-36(46)35(45)41(18-11-19-42-33(43)27-14-9-10-15-28(27)34(42)44)32(37(2,3)4)31-20-25(29-21-26(38)16-17-30(29)39)23-40(31)22-24-12-7-6-8-13-24/h6-10,12-17,20-21,23,32H,5,11,18-19,22H2,1-4H3/t32-/m0/s1. The molecule has 1 aliphatic heterocycles. The van der Waals surface area contributed by atoms with Crippen molar-refractivity contribution in [1.82, 2.24) is 14.4 Å². The molecule has 0 unspecified atom stereocenters. The molecule has 0 saturated heterocycles. The summed E-state index contributed by atoms with van der Waals surface area (Å²) in [6.07, 6.45) is 1.89. The molecule has 1 aromatic heterocycles. The monoisotopic (exact) mass is 641 g/mol. The summed E-state index contributed by atoms with van der Waals surface area (Å²) in [6.45, 7) is 7.68. The Balaban J connectivity index is 1.56. The van der Waals surface area contributed by atoms with Gasteiger partial charge in [0.25, 0.3) is 11.8 Å². The molecule has 2 heterocycles. The largest absolute Gasteiger partial charge is 0.459 e. The third-order valence-corrected chi connectivity index (χ3v) is 8.15. The average Bonchev–Trinajstić information content (AvgIpc) is 3.55. The molecular weight excluding hydrogens is 604 g/mol. The fraction of sp³-hybridized carbons (Fsp3) is 0.297. The fourth-order valence-corrected chi connectivity index (χ4v) is 6.11. The number of benzene rings is 3. The topological polar surface area (TPSA) is 88.9 Å². The van der Waals surface area contributed by atoms with Crippen molar-refractivity contribution in [2.75, 3.05) is 19.7 Å². The summed E-state index contributed by atoms with van der Waals surface area (Å²) in [7, 11) is 0. The summed E-state index contributed by atoms with van der Waals surface area (Å²) in [5.74, 6) is -3.97. The van der Waals surface area contributed by atoms with Crippen molar-refractivity contribution in [2.45, 2.75) is 46.7 Å². The van der Waals surface area contributed by atoms with Crippen LogP contribution in [0.25, 0.3) is 11.1 Å². The summed E-state index contributed by atoms with van der Waals surface area (Å²) in [4.78, 5) is 55.4. The van der Waals surface area contributed by atoms with Crippen LogP contribution in [0.4, 0.5) is 8.78 Å². The van der Waals surface area contributed by atoms with Gasteiger partial charge in [-0.05, 0) is 60.7 Å². The van der Waals surface area contributed by atoms with Gasteiger partial charge >= 0.3 is 11.9 Å². The van der Waals surface area contributed by atoms with Gasteiger partial charge in [0.05, 0.1) is 23.8 Å². The molecule has 47 heavy (non-hydrogen) atoms. The van der Waals surface area contributed by atoms with Crippen LogP contribution in [-0.2, 0) is 20.9 Å². The van der Waals surface area contributed by atoms with Crippen LogP contribution in [0.3, 0.4) is 0 Å². The average molecular weight is 642 g/mol. The third-order valence-electron chi connectivity index (χ3n) is 8.15. The first-order valence-electron chi connectivity index (χ1n) is 15.5. The second-order valence-electron chi connectivity index (χ2n) is 12.5. The van der Waals surface area contributed by atoms with Gasteiger partial charge in [0.2, 0.25) is 0 Å². The first-order valence-corrected chi connectivity index (χ1v) is 15.5. The van der Waals surface area contributed by atoms with Crippen LogP contribution in [-0.4, -0.2) is 57.8 Å². The lowest BCUT2D eigenvalue weighted by Crippen LogP contribution is -2.46. The minimum Gasteiger partial charge on any atom is -0.459 e. The second kappa shape index (κ2) is 13.7. The molecular formula is C37H37F2N3O5. The van der Waals surface area contributed by atoms with E-state index in [0.717, 1.165) is 28.7 Å². The highest BCUT2D eigenvalue weighted by atomic mass is 19.1. The van der Waals surface area contributed by atoms with E-state index in [9.17, 15) is 23.6 Å². The zero-order valence-corrected chi connectivity index (χ0v) is 26.8. The molecule has 4 aromatic rings. The Morgan fingerprint density at radius 1 is 0.872 bits per heavy atom. The summed E-state index contributed by atoms with van der Waals surface area (Å²) in [6, 6.07) is 20.3. The van der Waals surface area contributed by atoms with Crippen molar-refractivity contribution >= 4 is 23.7 Å². The predicted octanol–water partition coefficient (Wildman–Crippen LogP) is 6.65. The van der Waals surface area contributed by atoms with Crippen molar-refractivity contribution in [3.63, 3.8) is 0 Å². The van der Waals surface area contributed by atoms with Gasteiger partial charge in [-0.15, -0.1) is 0 Å². The van der Waals surface area contributed by atoms with Gasteiger partial charge in [-0.1, -0.05) is 63.2 Å². The van der Waals surface area contributed by atoms with Crippen molar-refractivity contribution in [1.29, 1.82) is 0 Å². The number of halogens is 2. The zero-order chi connectivity index (χ0) is 33.9. The maximum absolute atomic E-state index is 15.1. The number of hydrogen-bond acceptors (Lipinski definition) is 5. The number of hydrogen-bond donors (Lipinski definition) is 0. The van der Waals surface area contributed by atoms with Gasteiger partial charge in [0.1, 0.15) is 11.6 Å². The Morgan fingerprint density at radius 2 is 1.51 bits per heavy atom. The maximum atomic E-state index is 15.1. The number of esters is 1. The second-order valence-corrected chi connectivity index (χ2v) is 12.5. The van der Waals surface area contributed by atoms with Gasteiger partial charge in [-0.3, -0.25) is 19.3 Å². The minimum absolute atomic E-state index is 0.00678. The smallest absolute Gasteiger partial charge is 0.397 e. The number of ether oxygens (including phenoxy) is 1. The van der Waals surface area contributed by atoms with E-state index in [-0.39, 0.29) is 31.7 Å². The van der Waals surface area contributed by atoms with Crippen molar-refractivity contribution < 1.29 is 32.7 Å². The number of nitrogens with zero attached hydrogens (tertiary/aromatic N) is 3. The lowest BCUT2D eigenvalue weighted by atomic mass is 9.82. The molecule has 0 radical (unpaired) electrons. The summed E-state index contributed by atoms with van der Waals surface area (Å²) in [5.41, 5.74) is 1.91. The first kappa shape index (κ1) is 33.2. The molecule has 0 N–H and O–H groups in total. The quantitative estimate of drug-likeness (QED) is 0.110. The Labute approximate surface area is 272 Å². The van der Waals surface area contributed by atoms with E-state index in [4.69, 9.17) is 4.74 Å². The Hall–Kier alpha value is -5.12. The number of fused-ring (bicyclic) bond motifs is 1. The molecule has 10 heteroatoms. The van der Waals surface area contributed by atoms with Crippen LogP contribution in [0.15, 0.2) is 85.1 Å². The van der Waals surface area contributed by atoms with E-state index in [1.807, 2.05) is 55.7 Å². The SMILES string of the molecule is CCOC(=O)C(=O)N(CCCN1C(=O)c2ccccc2C1=O)[C@@H](c1cc(-c2cc(F)ccc2F)cn1Cc1ccccc1)C(C)(C)C. The molecule has 8 nitrogen and oxygen atoms in total. The number of imide groups is 1. The van der Waals surface area contributed by atoms with E-state index in [2.05, 4.69) is 0 Å². The van der Waals surface area contributed by atoms with Crippen molar-refractivity contribution in [3.05, 3.63) is 119 Å². The summed E-state index contributed by atoms with van der Waals surface area (Å²) < 4.78 is 36.4. The highest BCUT2D eigenvalue weighted by Gasteiger charge is 2.40. The number of carbonyl (C=O) groups excluding carboxylic acids is 4. The number of amides is 3. The Kier molecular flexibility index (Phi) is 9.69. The van der Waals surface area contributed by atoms with E-state index in [1.165, 1.54) is 4.90 Å². The molecule has 3 aromatic carbocycles. The van der Waals surface area contributed by atoms with Gasteiger partial charge < -0.3 is 14.2 Å². The molecule has 5 rings (SSSR count). The lowest BCUT2D eigenvalue weighted by Gasteiger charge is -2.40. The van der Waals surface area contributed by atoms with Crippen LogP contribution in [0.5, 0.6) is 0 Å². The van der Waals surface area contributed by atoms with Crippen LogP contribution >= 0.6 is 0 Å². The van der Waals surface area contributed by atoms with E-state index in [1.54, 1.807) is 43.5 Å². The number of aromatic nitrogens is 1. The van der Waals surface area contributed by atoms with Gasteiger partial charge in [-0.2, -0.15) is 0 Å². The van der Waals surface area contributed by atoms with Gasteiger partial charge in [0.15, 0.2) is 0 Å². The third kappa shape index (κ3) is 7.01. The fourth-order valence-electron chi connectivity index (χ4n) is 6.11. The molecule has 0 saturated carbocycles. The highest BCUT2D eigenvalue weighted by molar-refractivity contribution is 6.32. The highest BCUT2D eigenvalue weighted by Crippen LogP contribution is 2.41. The Morgan fingerprint density at radius 3 is 2.13 bits per heavy atom. The van der Waals surface area contributed by atoms with Crippen LogP contribution < -0.4 is 0 Å². The van der Waals surface area contributed by atoms with Gasteiger partial charge in [-0.25, -0.2) is 13.6 Å². The van der Waals surface area contributed by atoms with Crippen LogP contribution in [0.1, 0.15) is 72.1 Å². The van der Waals surface area contributed by atoms with Crippen LogP contribution in [0.2, 0.25) is 0 Å². The molecule has 1 aliphatic rings. The molecule has 1 atom stereocenters. The van der Waals surface area contributed by atoms with Crippen molar-refractivity contribution in [2.24, 2.45) is 5.41 Å². The Bertz CT molecular complexity index is 1780.